The number of methoxy groups -OCH3 is 1. The summed E-state index contributed by atoms with van der Waals surface area (Å²) in [5, 5.41) is 20.0. The molecule has 0 unspecified atom stereocenters. The topological polar surface area (TPSA) is 102 Å². The Hall–Kier alpha value is -1.87. The number of pyridine rings is 1. The maximum Gasteiger partial charge on any atom is 0.147 e. The lowest BCUT2D eigenvalue weighted by Crippen LogP contribution is -2.42. The quantitative estimate of drug-likeness (QED) is 0.732. The van der Waals surface area contributed by atoms with Gasteiger partial charge in [0.2, 0.25) is 0 Å². The number of nitrogens with two attached hydrogens (primary N) is 1. The van der Waals surface area contributed by atoms with E-state index in [2.05, 4.69) is 24.6 Å². The number of ether oxygens (including phenoxy) is 1. The van der Waals surface area contributed by atoms with Crippen molar-refractivity contribution in [2.75, 3.05) is 26.8 Å². The first-order chi connectivity index (χ1) is 13.6. The average Bonchev–Trinajstić information content (AvgIpc) is 3.08. The zero-order chi connectivity index (χ0) is 19.6. The molecule has 2 aliphatic rings. The molecule has 3 heterocycles. The van der Waals surface area contributed by atoms with E-state index in [1.54, 1.807) is 19.5 Å². The summed E-state index contributed by atoms with van der Waals surface area (Å²) in [5.41, 5.74) is 6.08. The number of nitrogens with zero attached hydrogens (tertiary/aromatic N) is 5. The molecule has 2 fully saturated rings. The standard InChI is InChI=1S/C20H30N6O2/c1-28-10-9-26-18(23-24-19(26)15-11-17(21)12-15)14-25-7-4-20(27,5-8-25)16-3-2-6-22-13-16/h2-3,6,13,15,17,27H,4-5,7-12,14,21H2,1H3. The average molecular weight is 387 g/mol. The van der Waals surface area contributed by atoms with Gasteiger partial charge in [0.25, 0.3) is 0 Å². The molecule has 28 heavy (non-hydrogen) atoms. The first-order valence-electron chi connectivity index (χ1n) is 10.1. The fraction of sp³-hybridized carbons (Fsp3) is 0.650. The molecule has 1 aliphatic carbocycles. The molecule has 0 aromatic carbocycles. The van der Waals surface area contributed by atoms with Crippen LogP contribution in [0.5, 0.6) is 0 Å². The van der Waals surface area contributed by atoms with E-state index in [1.807, 2.05) is 12.1 Å². The van der Waals surface area contributed by atoms with E-state index in [1.165, 1.54) is 0 Å². The summed E-state index contributed by atoms with van der Waals surface area (Å²) >= 11 is 0. The summed E-state index contributed by atoms with van der Waals surface area (Å²) in [6, 6.07) is 4.12. The molecule has 2 aromatic rings. The molecule has 1 saturated carbocycles. The van der Waals surface area contributed by atoms with Gasteiger partial charge >= 0.3 is 0 Å². The fourth-order valence-corrected chi connectivity index (χ4v) is 4.27. The van der Waals surface area contributed by atoms with E-state index >= 15 is 0 Å². The lowest BCUT2D eigenvalue weighted by molar-refractivity contribution is -0.0287. The molecule has 1 aliphatic heterocycles. The van der Waals surface area contributed by atoms with Gasteiger partial charge in [-0.3, -0.25) is 9.88 Å². The van der Waals surface area contributed by atoms with Crippen LogP contribution in [0.1, 0.15) is 48.8 Å². The maximum atomic E-state index is 11.0. The number of aromatic nitrogens is 4. The van der Waals surface area contributed by atoms with Crippen LogP contribution in [-0.2, 0) is 23.4 Å². The summed E-state index contributed by atoms with van der Waals surface area (Å²) < 4.78 is 7.50. The van der Waals surface area contributed by atoms with Crippen molar-refractivity contribution in [1.29, 1.82) is 0 Å². The molecule has 4 rings (SSSR count). The number of rotatable bonds is 7. The van der Waals surface area contributed by atoms with Crippen molar-refractivity contribution in [3.63, 3.8) is 0 Å². The van der Waals surface area contributed by atoms with Gasteiger partial charge in [0.1, 0.15) is 11.6 Å². The highest BCUT2D eigenvalue weighted by Gasteiger charge is 2.35. The van der Waals surface area contributed by atoms with Gasteiger partial charge in [0.05, 0.1) is 18.8 Å². The van der Waals surface area contributed by atoms with Crippen LogP contribution in [-0.4, -0.2) is 62.6 Å². The third-order valence-electron chi connectivity index (χ3n) is 6.16. The van der Waals surface area contributed by atoms with Crippen molar-refractivity contribution < 1.29 is 9.84 Å². The Morgan fingerprint density at radius 2 is 2.07 bits per heavy atom. The zero-order valence-corrected chi connectivity index (χ0v) is 16.5. The molecule has 3 N–H and O–H groups in total. The van der Waals surface area contributed by atoms with Crippen LogP contribution in [0.3, 0.4) is 0 Å². The van der Waals surface area contributed by atoms with Crippen LogP contribution >= 0.6 is 0 Å². The summed E-state index contributed by atoms with van der Waals surface area (Å²) in [6.45, 7) is 3.75. The largest absolute Gasteiger partial charge is 0.385 e. The van der Waals surface area contributed by atoms with Gasteiger partial charge in [0.15, 0.2) is 0 Å². The molecule has 152 valence electrons. The highest BCUT2D eigenvalue weighted by molar-refractivity contribution is 5.19. The minimum Gasteiger partial charge on any atom is -0.385 e. The number of piperidine rings is 1. The predicted molar refractivity (Wildman–Crippen MR) is 104 cm³/mol. The van der Waals surface area contributed by atoms with Crippen molar-refractivity contribution in [3.05, 3.63) is 41.7 Å². The van der Waals surface area contributed by atoms with E-state index in [0.717, 1.165) is 56.2 Å². The van der Waals surface area contributed by atoms with Crippen LogP contribution in [0.25, 0.3) is 0 Å². The van der Waals surface area contributed by atoms with Gasteiger partial charge < -0.3 is 20.1 Å². The molecule has 8 nitrogen and oxygen atoms in total. The Morgan fingerprint density at radius 1 is 1.29 bits per heavy atom. The fourth-order valence-electron chi connectivity index (χ4n) is 4.27. The second-order valence-corrected chi connectivity index (χ2v) is 8.10. The van der Waals surface area contributed by atoms with Gasteiger partial charge in [-0.1, -0.05) is 6.07 Å². The summed E-state index contributed by atoms with van der Waals surface area (Å²) in [6.07, 6.45) is 6.85. The molecule has 0 spiro atoms. The summed E-state index contributed by atoms with van der Waals surface area (Å²) in [4.78, 5) is 6.50. The lowest BCUT2D eigenvalue weighted by atomic mass is 9.80. The zero-order valence-electron chi connectivity index (χ0n) is 16.5. The summed E-state index contributed by atoms with van der Waals surface area (Å²) in [7, 11) is 1.72. The van der Waals surface area contributed by atoms with E-state index in [4.69, 9.17) is 10.5 Å². The first kappa shape index (κ1) is 19.4. The Morgan fingerprint density at radius 3 is 2.71 bits per heavy atom. The lowest BCUT2D eigenvalue weighted by Gasteiger charge is -2.38. The SMILES string of the molecule is COCCn1c(CN2CCC(O)(c3cccnc3)CC2)nnc1C1CC(N)C1. The second-order valence-electron chi connectivity index (χ2n) is 8.10. The van der Waals surface area contributed by atoms with E-state index < -0.39 is 5.60 Å². The third kappa shape index (κ3) is 3.96. The Bertz CT molecular complexity index is 766. The van der Waals surface area contributed by atoms with E-state index in [9.17, 15) is 5.11 Å². The van der Waals surface area contributed by atoms with Crippen molar-refractivity contribution in [3.8, 4) is 0 Å². The van der Waals surface area contributed by atoms with Crippen LogP contribution in [0.15, 0.2) is 24.5 Å². The van der Waals surface area contributed by atoms with Crippen LogP contribution in [0.4, 0.5) is 0 Å². The Kier molecular flexibility index (Phi) is 5.73. The highest BCUT2D eigenvalue weighted by Crippen LogP contribution is 2.36. The molecule has 0 bridgehead atoms. The van der Waals surface area contributed by atoms with Crippen LogP contribution in [0, 0.1) is 0 Å². The Balaban J connectivity index is 1.42. The van der Waals surface area contributed by atoms with Gasteiger partial charge in [-0.2, -0.15) is 0 Å². The van der Waals surface area contributed by atoms with Crippen molar-refractivity contribution >= 4 is 0 Å². The Labute approximate surface area is 165 Å². The predicted octanol–water partition coefficient (Wildman–Crippen LogP) is 1.01. The van der Waals surface area contributed by atoms with Crippen LogP contribution in [0.2, 0.25) is 0 Å². The van der Waals surface area contributed by atoms with Crippen molar-refractivity contribution in [1.82, 2.24) is 24.6 Å². The number of aliphatic hydroxyl groups is 1. The first-order valence-corrected chi connectivity index (χ1v) is 10.1. The molecule has 0 amide bonds. The number of hydrogen-bond donors (Lipinski definition) is 2. The second kappa shape index (κ2) is 8.24. The molecule has 0 atom stereocenters. The van der Waals surface area contributed by atoms with Crippen LogP contribution < -0.4 is 5.73 Å². The molecule has 2 aromatic heterocycles. The molecular formula is C20H30N6O2. The minimum atomic E-state index is -0.790. The smallest absolute Gasteiger partial charge is 0.147 e. The molecule has 1 saturated heterocycles. The van der Waals surface area contributed by atoms with Gasteiger partial charge in [-0.05, 0) is 31.7 Å². The van der Waals surface area contributed by atoms with Gasteiger partial charge in [0, 0.05) is 56.7 Å². The van der Waals surface area contributed by atoms with E-state index in [0.29, 0.717) is 25.4 Å². The van der Waals surface area contributed by atoms with E-state index in [-0.39, 0.29) is 6.04 Å². The van der Waals surface area contributed by atoms with Crippen molar-refractivity contribution in [2.45, 2.75) is 56.3 Å². The van der Waals surface area contributed by atoms with Crippen molar-refractivity contribution in [2.24, 2.45) is 5.73 Å². The molecule has 0 radical (unpaired) electrons. The number of likely N-dealkylation sites (tertiary alicyclic amines) is 1. The maximum absolute atomic E-state index is 11.0. The molecule has 8 heteroatoms. The molecular weight excluding hydrogens is 356 g/mol. The van der Waals surface area contributed by atoms with Gasteiger partial charge in [-0.25, -0.2) is 0 Å². The monoisotopic (exact) mass is 386 g/mol. The number of hydrogen-bond acceptors (Lipinski definition) is 7. The third-order valence-corrected chi connectivity index (χ3v) is 6.16. The summed E-state index contributed by atoms with van der Waals surface area (Å²) in [5.74, 6) is 2.42. The highest BCUT2D eigenvalue weighted by atomic mass is 16.5. The minimum absolute atomic E-state index is 0.285. The van der Waals surface area contributed by atoms with Gasteiger partial charge in [-0.15, -0.1) is 10.2 Å². The normalized spacial score (nSPS) is 24.8.